The van der Waals surface area contributed by atoms with Gasteiger partial charge < -0.3 is 24.4 Å². The minimum absolute atomic E-state index is 0.286. The fourth-order valence-electron chi connectivity index (χ4n) is 2.81. The van der Waals surface area contributed by atoms with Crippen LogP contribution in [0.1, 0.15) is 47.1 Å². The number of hydrogen-bond acceptors (Lipinski definition) is 5. The summed E-state index contributed by atoms with van der Waals surface area (Å²) in [7, 11) is 1.58. The van der Waals surface area contributed by atoms with Gasteiger partial charge >= 0.3 is 12.2 Å². The van der Waals surface area contributed by atoms with Crippen LogP contribution in [0.5, 0.6) is 5.75 Å². The normalized spacial score (nSPS) is 16.2. The largest absolute Gasteiger partial charge is 0.497 e. The summed E-state index contributed by atoms with van der Waals surface area (Å²) in [5.74, 6) is 0.675. The number of likely N-dealkylation sites (tertiary alicyclic amines) is 1. The SMILES string of the molecule is COc1cccc(C2(NC(=O)OC(C)(C)C)CN(C(=O)OC(C)(C)C)C2)c1. The number of methoxy groups -OCH3 is 1. The lowest BCUT2D eigenvalue weighted by Gasteiger charge is -2.50. The van der Waals surface area contributed by atoms with Crippen LogP contribution in [-0.2, 0) is 15.0 Å². The topological polar surface area (TPSA) is 77.1 Å². The number of nitrogens with zero attached hydrogens (tertiary/aromatic N) is 1. The molecule has 0 aromatic heterocycles. The molecule has 1 saturated heterocycles. The molecule has 0 bridgehead atoms. The molecule has 150 valence electrons. The molecule has 0 unspecified atom stereocenters. The van der Waals surface area contributed by atoms with Crippen LogP contribution in [0.15, 0.2) is 24.3 Å². The molecule has 7 nitrogen and oxygen atoms in total. The number of amides is 2. The molecule has 1 N–H and O–H groups in total. The van der Waals surface area contributed by atoms with Crippen molar-refractivity contribution in [3.63, 3.8) is 0 Å². The minimum atomic E-state index is -0.756. The molecule has 0 atom stereocenters. The van der Waals surface area contributed by atoms with Crippen molar-refractivity contribution >= 4 is 12.2 Å². The third-order valence-electron chi connectivity index (χ3n) is 3.94. The average molecular weight is 378 g/mol. The predicted molar refractivity (Wildman–Crippen MR) is 102 cm³/mol. The van der Waals surface area contributed by atoms with E-state index in [4.69, 9.17) is 14.2 Å². The molecule has 0 aliphatic carbocycles. The van der Waals surface area contributed by atoms with Gasteiger partial charge in [-0.3, -0.25) is 0 Å². The van der Waals surface area contributed by atoms with Crippen LogP contribution >= 0.6 is 0 Å². The van der Waals surface area contributed by atoms with Crippen molar-refractivity contribution in [2.24, 2.45) is 0 Å². The van der Waals surface area contributed by atoms with Crippen LogP contribution in [0, 0.1) is 0 Å². The van der Waals surface area contributed by atoms with Gasteiger partial charge in [-0.05, 0) is 59.2 Å². The Bertz CT molecular complexity index is 697. The van der Waals surface area contributed by atoms with Gasteiger partial charge in [-0.25, -0.2) is 9.59 Å². The Balaban J connectivity index is 2.21. The highest BCUT2D eigenvalue weighted by Gasteiger charge is 2.49. The Morgan fingerprint density at radius 2 is 1.63 bits per heavy atom. The molecule has 1 heterocycles. The van der Waals surface area contributed by atoms with Crippen LogP contribution < -0.4 is 10.1 Å². The van der Waals surface area contributed by atoms with Crippen molar-refractivity contribution in [2.75, 3.05) is 20.2 Å². The van der Waals surface area contributed by atoms with E-state index in [9.17, 15) is 9.59 Å². The number of hydrogen-bond donors (Lipinski definition) is 1. The van der Waals surface area contributed by atoms with Gasteiger partial charge in [0.1, 0.15) is 22.5 Å². The first kappa shape index (κ1) is 20.9. The number of carbonyl (C=O) groups is 2. The zero-order valence-electron chi connectivity index (χ0n) is 17.2. The van der Waals surface area contributed by atoms with Crippen LogP contribution in [0.2, 0.25) is 0 Å². The van der Waals surface area contributed by atoms with Crippen LogP contribution in [-0.4, -0.2) is 48.5 Å². The maximum Gasteiger partial charge on any atom is 0.410 e. The van der Waals surface area contributed by atoms with Gasteiger partial charge in [-0.15, -0.1) is 0 Å². The second-order valence-electron chi connectivity index (χ2n) is 8.78. The summed E-state index contributed by atoms with van der Waals surface area (Å²) in [6.45, 7) is 11.4. The molecule has 7 heteroatoms. The van der Waals surface area contributed by atoms with E-state index in [-0.39, 0.29) is 13.1 Å². The molecule has 2 amide bonds. The zero-order chi connectivity index (χ0) is 20.5. The number of carbonyl (C=O) groups excluding carboxylic acids is 2. The Kier molecular flexibility index (Phi) is 5.63. The van der Waals surface area contributed by atoms with E-state index in [1.807, 2.05) is 45.0 Å². The first-order valence-corrected chi connectivity index (χ1v) is 8.97. The van der Waals surface area contributed by atoms with Gasteiger partial charge in [-0.1, -0.05) is 12.1 Å². The summed E-state index contributed by atoms with van der Waals surface area (Å²) >= 11 is 0. The lowest BCUT2D eigenvalue weighted by molar-refractivity contribution is -0.0230. The van der Waals surface area contributed by atoms with Gasteiger partial charge in [0.2, 0.25) is 0 Å². The zero-order valence-corrected chi connectivity index (χ0v) is 17.2. The molecule has 0 saturated carbocycles. The van der Waals surface area contributed by atoms with Crippen molar-refractivity contribution in [1.29, 1.82) is 0 Å². The van der Waals surface area contributed by atoms with E-state index in [0.717, 1.165) is 5.56 Å². The number of nitrogens with one attached hydrogen (secondary N) is 1. The second kappa shape index (κ2) is 7.29. The Morgan fingerprint density at radius 1 is 1.04 bits per heavy atom. The van der Waals surface area contributed by atoms with Crippen molar-refractivity contribution in [3.05, 3.63) is 29.8 Å². The van der Waals surface area contributed by atoms with Crippen LogP contribution in [0.3, 0.4) is 0 Å². The molecule has 1 aromatic carbocycles. The summed E-state index contributed by atoms with van der Waals surface area (Å²) in [5.41, 5.74) is -1.11. The fraction of sp³-hybridized carbons (Fsp3) is 0.600. The molecule has 1 aliphatic heterocycles. The molecule has 0 spiro atoms. The summed E-state index contributed by atoms with van der Waals surface area (Å²) in [6.07, 6.45) is -0.943. The summed E-state index contributed by atoms with van der Waals surface area (Å²) in [5, 5.41) is 2.94. The minimum Gasteiger partial charge on any atom is -0.497 e. The van der Waals surface area contributed by atoms with E-state index in [1.165, 1.54) is 0 Å². The smallest absolute Gasteiger partial charge is 0.410 e. The van der Waals surface area contributed by atoms with Gasteiger partial charge in [-0.2, -0.15) is 0 Å². The van der Waals surface area contributed by atoms with Crippen LogP contribution in [0.4, 0.5) is 9.59 Å². The number of rotatable bonds is 3. The van der Waals surface area contributed by atoms with Gasteiger partial charge in [0.25, 0.3) is 0 Å². The van der Waals surface area contributed by atoms with E-state index in [0.29, 0.717) is 5.75 Å². The molecule has 2 rings (SSSR count). The molecule has 0 radical (unpaired) electrons. The van der Waals surface area contributed by atoms with E-state index in [2.05, 4.69) is 5.32 Å². The molecular formula is C20H30N2O5. The fourth-order valence-corrected chi connectivity index (χ4v) is 2.81. The Morgan fingerprint density at radius 3 is 2.15 bits per heavy atom. The number of benzene rings is 1. The predicted octanol–water partition coefficient (Wildman–Crippen LogP) is 3.67. The summed E-state index contributed by atoms with van der Waals surface area (Å²) < 4.78 is 16.1. The monoisotopic (exact) mass is 378 g/mol. The maximum absolute atomic E-state index is 12.4. The number of ether oxygens (including phenoxy) is 3. The molecule has 1 fully saturated rings. The molecular weight excluding hydrogens is 348 g/mol. The van der Waals surface area contributed by atoms with Gasteiger partial charge in [0.15, 0.2) is 0 Å². The van der Waals surface area contributed by atoms with Crippen LogP contribution in [0.25, 0.3) is 0 Å². The third-order valence-corrected chi connectivity index (χ3v) is 3.94. The average Bonchev–Trinajstić information content (AvgIpc) is 2.46. The highest BCUT2D eigenvalue weighted by Crippen LogP contribution is 2.35. The van der Waals surface area contributed by atoms with Crippen molar-refractivity contribution in [1.82, 2.24) is 10.2 Å². The van der Waals surface area contributed by atoms with Crippen molar-refractivity contribution < 1.29 is 23.8 Å². The van der Waals surface area contributed by atoms with Crippen molar-refractivity contribution in [3.8, 4) is 5.75 Å². The highest BCUT2D eigenvalue weighted by molar-refractivity contribution is 5.73. The molecule has 1 aromatic rings. The molecule has 1 aliphatic rings. The first-order chi connectivity index (χ1) is 12.3. The van der Waals surface area contributed by atoms with E-state index < -0.39 is 28.9 Å². The first-order valence-electron chi connectivity index (χ1n) is 8.97. The second-order valence-corrected chi connectivity index (χ2v) is 8.78. The summed E-state index contributed by atoms with van der Waals surface area (Å²) in [6, 6.07) is 7.42. The number of alkyl carbamates (subject to hydrolysis) is 1. The Labute approximate surface area is 161 Å². The maximum atomic E-state index is 12.4. The van der Waals surface area contributed by atoms with Gasteiger partial charge in [0.05, 0.1) is 20.2 Å². The standard InChI is InChI=1S/C20H30N2O5/c1-18(2,3)26-16(23)21-20(14-9-8-10-15(11-14)25-7)12-22(13-20)17(24)27-19(4,5)6/h8-11H,12-13H2,1-7H3,(H,21,23). The van der Waals surface area contributed by atoms with E-state index >= 15 is 0 Å². The quantitative estimate of drug-likeness (QED) is 0.868. The third kappa shape index (κ3) is 5.52. The lowest BCUT2D eigenvalue weighted by atomic mass is 9.82. The Hall–Kier alpha value is -2.44. The lowest BCUT2D eigenvalue weighted by Crippen LogP contribution is -2.69. The highest BCUT2D eigenvalue weighted by atomic mass is 16.6. The van der Waals surface area contributed by atoms with Crippen molar-refractivity contribution in [2.45, 2.75) is 58.3 Å². The van der Waals surface area contributed by atoms with Gasteiger partial charge in [0, 0.05) is 0 Å². The van der Waals surface area contributed by atoms with E-state index in [1.54, 1.807) is 32.8 Å². The summed E-state index contributed by atoms with van der Waals surface area (Å²) in [4.78, 5) is 26.3. The molecule has 27 heavy (non-hydrogen) atoms.